The van der Waals surface area contributed by atoms with Crippen molar-refractivity contribution in [3.8, 4) is 0 Å². The van der Waals surface area contributed by atoms with Crippen LogP contribution in [0.25, 0.3) is 0 Å². The Hall–Kier alpha value is -2.32. The summed E-state index contributed by atoms with van der Waals surface area (Å²) >= 11 is 0. The molecule has 1 amide bonds. The van der Waals surface area contributed by atoms with Crippen molar-refractivity contribution in [2.45, 2.75) is 6.18 Å². The summed E-state index contributed by atoms with van der Waals surface area (Å²) in [4.78, 5) is 11.9. The summed E-state index contributed by atoms with van der Waals surface area (Å²) < 4.78 is 37.3. The van der Waals surface area contributed by atoms with Gasteiger partial charge in [0, 0.05) is 11.3 Å². The molecule has 0 aliphatic rings. The number of carbonyl (C=O) groups is 1. The van der Waals surface area contributed by atoms with E-state index in [0.717, 1.165) is 24.3 Å². The second-order valence-electron chi connectivity index (χ2n) is 4.52. The van der Waals surface area contributed by atoms with Crippen LogP contribution in [0, 0.1) is 0 Å². The second kappa shape index (κ2) is 6.21. The lowest BCUT2D eigenvalue weighted by Gasteiger charge is -2.09. The molecule has 0 aromatic heterocycles. The van der Waals surface area contributed by atoms with Gasteiger partial charge in [-0.15, -0.1) is 0 Å². The number of anilines is 1. The molecule has 0 bridgehead atoms. The van der Waals surface area contributed by atoms with Crippen molar-refractivity contribution in [3.05, 3.63) is 59.7 Å². The highest BCUT2D eigenvalue weighted by molar-refractivity contribution is 6.58. The monoisotopic (exact) mass is 309 g/mol. The normalized spacial score (nSPS) is 11.1. The Morgan fingerprint density at radius 1 is 0.955 bits per heavy atom. The van der Waals surface area contributed by atoms with E-state index in [1.54, 1.807) is 0 Å². The second-order valence-corrected chi connectivity index (χ2v) is 4.52. The molecular formula is C14H11BF3NO3. The van der Waals surface area contributed by atoms with Gasteiger partial charge in [0.15, 0.2) is 0 Å². The number of nitrogens with one attached hydrogen (secondary N) is 1. The van der Waals surface area contributed by atoms with E-state index in [1.807, 2.05) is 0 Å². The largest absolute Gasteiger partial charge is 0.488 e. The third-order valence-corrected chi connectivity index (χ3v) is 2.94. The van der Waals surface area contributed by atoms with Crippen LogP contribution in [0.3, 0.4) is 0 Å². The summed E-state index contributed by atoms with van der Waals surface area (Å²) in [5, 5.41) is 20.3. The standard InChI is InChI=1S/C14H11BF3NO3/c16-14(17,18)10-3-7-12(8-4-10)19-13(20)9-1-5-11(6-2-9)15(21)22/h1-8,21-22H,(H,19,20). The molecule has 0 atom stereocenters. The van der Waals surface area contributed by atoms with Gasteiger partial charge in [0.25, 0.3) is 5.91 Å². The van der Waals surface area contributed by atoms with Crippen LogP contribution >= 0.6 is 0 Å². The molecule has 4 nitrogen and oxygen atoms in total. The maximum absolute atomic E-state index is 12.4. The fourth-order valence-corrected chi connectivity index (χ4v) is 1.75. The summed E-state index contributed by atoms with van der Waals surface area (Å²) in [6.07, 6.45) is -4.43. The van der Waals surface area contributed by atoms with Gasteiger partial charge in [0.2, 0.25) is 0 Å². The fourth-order valence-electron chi connectivity index (χ4n) is 1.75. The smallest absolute Gasteiger partial charge is 0.423 e. The van der Waals surface area contributed by atoms with Gasteiger partial charge < -0.3 is 15.4 Å². The van der Waals surface area contributed by atoms with Gasteiger partial charge in [-0.2, -0.15) is 13.2 Å². The van der Waals surface area contributed by atoms with Gasteiger partial charge >= 0.3 is 13.3 Å². The highest BCUT2D eigenvalue weighted by Crippen LogP contribution is 2.29. The minimum Gasteiger partial charge on any atom is -0.423 e. The van der Waals surface area contributed by atoms with Gasteiger partial charge in [-0.05, 0) is 41.9 Å². The van der Waals surface area contributed by atoms with Crippen LogP contribution in [0.4, 0.5) is 18.9 Å². The zero-order valence-electron chi connectivity index (χ0n) is 11.1. The van der Waals surface area contributed by atoms with E-state index in [9.17, 15) is 18.0 Å². The first-order valence-electron chi connectivity index (χ1n) is 6.22. The number of benzene rings is 2. The maximum atomic E-state index is 12.4. The highest BCUT2D eigenvalue weighted by atomic mass is 19.4. The Bertz CT molecular complexity index is 655. The molecule has 114 valence electrons. The lowest BCUT2D eigenvalue weighted by atomic mass is 9.80. The first kappa shape index (κ1) is 16.1. The molecule has 2 rings (SSSR count). The number of halogens is 3. The molecule has 3 N–H and O–H groups in total. The first-order chi connectivity index (χ1) is 10.3. The van der Waals surface area contributed by atoms with Crippen molar-refractivity contribution < 1.29 is 28.0 Å². The maximum Gasteiger partial charge on any atom is 0.488 e. The van der Waals surface area contributed by atoms with Crippen LogP contribution in [0.5, 0.6) is 0 Å². The number of alkyl halides is 3. The Morgan fingerprint density at radius 3 is 1.95 bits per heavy atom. The van der Waals surface area contributed by atoms with Crippen LogP contribution < -0.4 is 10.8 Å². The molecule has 0 saturated carbocycles. The molecule has 22 heavy (non-hydrogen) atoms. The zero-order valence-corrected chi connectivity index (χ0v) is 11.1. The number of carbonyl (C=O) groups excluding carboxylic acids is 1. The SMILES string of the molecule is O=C(Nc1ccc(C(F)(F)F)cc1)c1ccc(B(O)O)cc1. The molecule has 2 aromatic carbocycles. The summed E-state index contributed by atoms with van der Waals surface area (Å²) in [5.74, 6) is -0.515. The fraction of sp³-hybridized carbons (Fsp3) is 0.0714. The third kappa shape index (κ3) is 3.87. The van der Waals surface area contributed by atoms with Gasteiger partial charge in [-0.3, -0.25) is 4.79 Å². The first-order valence-corrected chi connectivity index (χ1v) is 6.22. The molecule has 8 heteroatoms. The molecule has 0 heterocycles. The molecule has 0 unspecified atom stereocenters. The van der Waals surface area contributed by atoms with E-state index in [0.29, 0.717) is 0 Å². The van der Waals surface area contributed by atoms with Crippen molar-refractivity contribution in [1.29, 1.82) is 0 Å². The molecule has 2 aromatic rings. The van der Waals surface area contributed by atoms with Crippen LogP contribution in [-0.4, -0.2) is 23.1 Å². The number of amides is 1. The number of hydrogen-bond donors (Lipinski definition) is 3. The van der Waals surface area contributed by atoms with Crippen LogP contribution in [0.1, 0.15) is 15.9 Å². The average molecular weight is 309 g/mol. The Balaban J connectivity index is 2.08. The molecule has 0 fully saturated rings. The van der Waals surface area contributed by atoms with Gasteiger partial charge in [0.05, 0.1) is 5.56 Å². The Labute approximate surface area is 124 Å². The van der Waals surface area contributed by atoms with Crippen molar-refractivity contribution in [2.75, 3.05) is 5.32 Å². The average Bonchev–Trinajstić information content (AvgIpc) is 2.47. The van der Waals surface area contributed by atoms with E-state index >= 15 is 0 Å². The number of rotatable bonds is 3. The van der Waals surface area contributed by atoms with E-state index in [1.165, 1.54) is 24.3 Å². The predicted molar refractivity (Wildman–Crippen MR) is 75.7 cm³/mol. The summed E-state index contributed by atoms with van der Waals surface area (Å²) in [6, 6.07) is 9.57. The Morgan fingerprint density at radius 2 is 1.50 bits per heavy atom. The third-order valence-electron chi connectivity index (χ3n) is 2.94. The minimum atomic E-state index is -4.43. The van der Waals surface area contributed by atoms with Crippen molar-refractivity contribution in [2.24, 2.45) is 0 Å². The number of hydrogen-bond acceptors (Lipinski definition) is 3. The molecule has 0 saturated heterocycles. The highest BCUT2D eigenvalue weighted by Gasteiger charge is 2.30. The van der Waals surface area contributed by atoms with Crippen molar-refractivity contribution in [3.63, 3.8) is 0 Å². The molecule has 0 radical (unpaired) electrons. The molecule has 0 aliphatic heterocycles. The van der Waals surface area contributed by atoms with Crippen LogP contribution in [0.15, 0.2) is 48.5 Å². The molecule has 0 spiro atoms. The van der Waals surface area contributed by atoms with Crippen LogP contribution in [-0.2, 0) is 6.18 Å². The van der Waals surface area contributed by atoms with E-state index in [4.69, 9.17) is 10.0 Å². The molecular weight excluding hydrogens is 298 g/mol. The minimum absolute atomic E-state index is 0.226. The summed E-state index contributed by atoms with van der Waals surface area (Å²) in [6.45, 7) is 0. The van der Waals surface area contributed by atoms with E-state index in [-0.39, 0.29) is 16.7 Å². The predicted octanol–water partition coefficient (Wildman–Crippen LogP) is 1.64. The van der Waals surface area contributed by atoms with Crippen LogP contribution in [0.2, 0.25) is 0 Å². The molecule has 0 aliphatic carbocycles. The lowest BCUT2D eigenvalue weighted by molar-refractivity contribution is -0.137. The topological polar surface area (TPSA) is 69.6 Å². The van der Waals surface area contributed by atoms with Gasteiger partial charge in [-0.25, -0.2) is 0 Å². The quantitative estimate of drug-likeness (QED) is 0.755. The van der Waals surface area contributed by atoms with Crippen molar-refractivity contribution >= 4 is 24.2 Å². The Kier molecular flexibility index (Phi) is 4.53. The van der Waals surface area contributed by atoms with E-state index in [2.05, 4.69) is 5.32 Å². The summed E-state index contributed by atoms with van der Waals surface area (Å²) in [7, 11) is -1.63. The summed E-state index contributed by atoms with van der Waals surface area (Å²) in [5.41, 5.74) is -0.105. The lowest BCUT2D eigenvalue weighted by Crippen LogP contribution is -2.29. The van der Waals surface area contributed by atoms with Gasteiger partial charge in [0.1, 0.15) is 0 Å². The van der Waals surface area contributed by atoms with Gasteiger partial charge in [-0.1, -0.05) is 12.1 Å². The zero-order chi connectivity index (χ0) is 16.3. The van der Waals surface area contributed by atoms with Crippen molar-refractivity contribution in [1.82, 2.24) is 0 Å². The van der Waals surface area contributed by atoms with E-state index < -0.39 is 24.8 Å².